The van der Waals surface area contributed by atoms with Crippen LogP contribution in [-0.4, -0.2) is 36.7 Å². The molecule has 0 unspecified atom stereocenters. The monoisotopic (exact) mass is 252 g/mol. The first-order valence-corrected chi connectivity index (χ1v) is 5.49. The second-order valence-corrected chi connectivity index (χ2v) is 3.63. The van der Waals surface area contributed by atoms with Gasteiger partial charge in [0.25, 0.3) is 0 Å². The van der Waals surface area contributed by atoms with Crippen LogP contribution in [0, 0.1) is 0 Å². The van der Waals surface area contributed by atoms with Gasteiger partial charge in [-0.3, -0.25) is 4.79 Å². The summed E-state index contributed by atoms with van der Waals surface area (Å²) in [5.74, 6) is -1.36. The highest BCUT2D eigenvalue weighted by Gasteiger charge is 2.14. The largest absolute Gasteiger partial charge is 0.480 e. The van der Waals surface area contributed by atoms with E-state index in [4.69, 9.17) is 15.6 Å². The molecule has 0 spiro atoms. The lowest BCUT2D eigenvalue weighted by molar-refractivity contribution is -0.142. The minimum atomic E-state index is -1.04. The van der Waals surface area contributed by atoms with Gasteiger partial charge in [0.05, 0.1) is 6.61 Å². The molecule has 18 heavy (non-hydrogen) atoms. The fourth-order valence-electron chi connectivity index (χ4n) is 1.33. The summed E-state index contributed by atoms with van der Waals surface area (Å²) in [5.41, 5.74) is 6.48. The number of benzene rings is 1. The van der Waals surface area contributed by atoms with Crippen molar-refractivity contribution in [3.8, 4) is 0 Å². The van der Waals surface area contributed by atoms with E-state index < -0.39 is 12.0 Å². The fraction of sp³-hybridized carbons (Fsp3) is 0.333. The van der Waals surface area contributed by atoms with Gasteiger partial charge >= 0.3 is 5.97 Å². The number of carboxylic acid groups (broad SMARTS) is 1. The molecule has 0 saturated heterocycles. The lowest BCUT2D eigenvalue weighted by atomic mass is 10.1. The minimum absolute atomic E-state index is 0.138. The summed E-state index contributed by atoms with van der Waals surface area (Å²) in [6, 6.07) is 8.26. The Labute approximate surface area is 105 Å². The van der Waals surface area contributed by atoms with E-state index in [-0.39, 0.29) is 25.7 Å². The van der Waals surface area contributed by atoms with Crippen molar-refractivity contribution in [2.75, 3.05) is 19.8 Å². The number of ether oxygens (including phenoxy) is 1. The molecule has 0 aliphatic carbocycles. The standard InChI is InChI=1S/C12H16N2O4/c13-11(9-4-2-1-3-5-9)12(17)14-6-7-18-8-10(15)16/h1-5,11H,6-8,13H2,(H,14,17)(H,15,16)/t11-/m0/s1. The van der Waals surface area contributed by atoms with Gasteiger partial charge in [-0.1, -0.05) is 30.3 Å². The Kier molecular flexibility index (Phi) is 5.83. The van der Waals surface area contributed by atoms with Gasteiger partial charge < -0.3 is 20.9 Å². The average molecular weight is 252 g/mol. The maximum absolute atomic E-state index is 11.6. The predicted octanol–water partition coefficient (Wildman–Crippen LogP) is -0.0962. The van der Waals surface area contributed by atoms with Gasteiger partial charge in [0.2, 0.25) is 5.91 Å². The summed E-state index contributed by atoms with van der Waals surface area (Å²) in [7, 11) is 0. The molecule has 98 valence electrons. The molecular weight excluding hydrogens is 236 g/mol. The molecule has 1 amide bonds. The van der Waals surface area contributed by atoms with Gasteiger partial charge in [0.1, 0.15) is 12.6 Å². The Morgan fingerprint density at radius 1 is 1.33 bits per heavy atom. The molecule has 1 atom stereocenters. The van der Waals surface area contributed by atoms with E-state index >= 15 is 0 Å². The lowest BCUT2D eigenvalue weighted by Crippen LogP contribution is -2.36. The Morgan fingerprint density at radius 2 is 2.00 bits per heavy atom. The number of aliphatic carboxylic acids is 1. The van der Waals surface area contributed by atoms with Gasteiger partial charge in [-0.15, -0.1) is 0 Å². The molecule has 6 heteroatoms. The first-order valence-electron chi connectivity index (χ1n) is 5.49. The molecule has 0 bridgehead atoms. The quantitative estimate of drug-likeness (QED) is 0.588. The van der Waals surface area contributed by atoms with Crippen LogP contribution < -0.4 is 11.1 Å². The number of nitrogens with one attached hydrogen (secondary N) is 1. The third-order valence-electron chi connectivity index (χ3n) is 2.21. The van der Waals surface area contributed by atoms with Crippen LogP contribution in [0.2, 0.25) is 0 Å². The number of hydrogen-bond acceptors (Lipinski definition) is 4. The highest BCUT2D eigenvalue weighted by atomic mass is 16.5. The van der Waals surface area contributed by atoms with E-state index in [1.807, 2.05) is 6.07 Å². The Hall–Kier alpha value is -1.92. The van der Waals surface area contributed by atoms with Gasteiger partial charge in [0.15, 0.2) is 0 Å². The number of amides is 1. The van der Waals surface area contributed by atoms with Crippen molar-refractivity contribution in [3.05, 3.63) is 35.9 Å². The lowest BCUT2D eigenvalue weighted by Gasteiger charge is -2.12. The summed E-state index contributed by atoms with van der Waals surface area (Å²) in [6.45, 7) is -0.00714. The molecule has 1 aromatic carbocycles. The van der Waals surface area contributed by atoms with E-state index in [1.165, 1.54) is 0 Å². The summed E-state index contributed by atoms with van der Waals surface area (Å²) < 4.78 is 4.78. The van der Waals surface area contributed by atoms with Crippen molar-refractivity contribution in [1.29, 1.82) is 0 Å². The van der Waals surface area contributed by atoms with Gasteiger partial charge in [-0.25, -0.2) is 4.79 Å². The van der Waals surface area contributed by atoms with E-state index in [9.17, 15) is 9.59 Å². The molecular formula is C12H16N2O4. The van der Waals surface area contributed by atoms with Crippen molar-refractivity contribution in [2.45, 2.75) is 6.04 Å². The van der Waals surface area contributed by atoms with Crippen molar-refractivity contribution < 1.29 is 19.4 Å². The molecule has 1 aromatic rings. The highest BCUT2D eigenvalue weighted by molar-refractivity contribution is 5.82. The van der Waals surface area contributed by atoms with E-state index in [0.29, 0.717) is 0 Å². The topological polar surface area (TPSA) is 102 Å². The number of carboxylic acids is 1. The smallest absolute Gasteiger partial charge is 0.329 e. The highest BCUT2D eigenvalue weighted by Crippen LogP contribution is 2.08. The van der Waals surface area contributed by atoms with Crippen LogP contribution in [-0.2, 0) is 14.3 Å². The number of hydrogen-bond donors (Lipinski definition) is 3. The van der Waals surface area contributed by atoms with Gasteiger partial charge in [-0.05, 0) is 5.56 Å². The molecule has 0 aliphatic heterocycles. The second-order valence-electron chi connectivity index (χ2n) is 3.63. The number of carbonyl (C=O) groups is 2. The number of rotatable bonds is 7. The predicted molar refractivity (Wildman–Crippen MR) is 64.8 cm³/mol. The zero-order chi connectivity index (χ0) is 13.4. The zero-order valence-corrected chi connectivity index (χ0v) is 9.83. The summed E-state index contributed by atoms with van der Waals surface area (Å²) in [5, 5.41) is 10.9. The average Bonchev–Trinajstić information content (AvgIpc) is 2.38. The maximum Gasteiger partial charge on any atom is 0.329 e. The normalized spacial score (nSPS) is 11.8. The van der Waals surface area contributed by atoms with Crippen molar-refractivity contribution in [1.82, 2.24) is 5.32 Å². The fourth-order valence-corrected chi connectivity index (χ4v) is 1.33. The van der Waals surface area contributed by atoms with Crippen molar-refractivity contribution in [3.63, 3.8) is 0 Å². The molecule has 0 aliphatic rings. The van der Waals surface area contributed by atoms with E-state index in [2.05, 4.69) is 5.32 Å². The summed E-state index contributed by atoms with van der Waals surface area (Å²) in [4.78, 5) is 21.8. The van der Waals surface area contributed by atoms with Crippen LogP contribution in [0.3, 0.4) is 0 Å². The number of carbonyl (C=O) groups excluding carboxylic acids is 1. The molecule has 0 heterocycles. The van der Waals surface area contributed by atoms with Gasteiger partial charge in [0, 0.05) is 6.54 Å². The summed E-state index contributed by atoms with van der Waals surface area (Å²) in [6.07, 6.45) is 0. The molecule has 0 saturated carbocycles. The minimum Gasteiger partial charge on any atom is -0.480 e. The Balaban J connectivity index is 2.26. The Bertz CT molecular complexity index is 394. The molecule has 0 fully saturated rings. The molecule has 4 N–H and O–H groups in total. The van der Waals surface area contributed by atoms with E-state index in [1.54, 1.807) is 24.3 Å². The number of nitrogens with two attached hydrogens (primary N) is 1. The van der Waals surface area contributed by atoms with Crippen molar-refractivity contribution in [2.24, 2.45) is 5.73 Å². The first kappa shape index (κ1) is 14.1. The molecule has 6 nitrogen and oxygen atoms in total. The first-order chi connectivity index (χ1) is 8.61. The molecule has 1 rings (SSSR count). The van der Waals surface area contributed by atoms with Crippen LogP contribution >= 0.6 is 0 Å². The van der Waals surface area contributed by atoms with Crippen LogP contribution in [0.15, 0.2) is 30.3 Å². The summed E-state index contributed by atoms with van der Waals surface area (Å²) >= 11 is 0. The van der Waals surface area contributed by atoms with Crippen LogP contribution in [0.4, 0.5) is 0 Å². The third-order valence-corrected chi connectivity index (χ3v) is 2.21. The molecule has 0 radical (unpaired) electrons. The van der Waals surface area contributed by atoms with Crippen LogP contribution in [0.5, 0.6) is 0 Å². The maximum atomic E-state index is 11.6. The zero-order valence-electron chi connectivity index (χ0n) is 9.83. The van der Waals surface area contributed by atoms with Crippen LogP contribution in [0.1, 0.15) is 11.6 Å². The van der Waals surface area contributed by atoms with Crippen LogP contribution in [0.25, 0.3) is 0 Å². The van der Waals surface area contributed by atoms with E-state index in [0.717, 1.165) is 5.56 Å². The third kappa shape index (κ3) is 4.94. The molecule has 0 aromatic heterocycles. The van der Waals surface area contributed by atoms with Gasteiger partial charge in [-0.2, -0.15) is 0 Å². The second kappa shape index (κ2) is 7.41. The van der Waals surface area contributed by atoms with Crippen molar-refractivity contribution >= 4 is 11.9 Å². The SMILES string of the molecule is N[C@H](C(=O)NCCOCC(=O)O)c1ccccc1. The Morgan fingerprint density at radius 3 is 2.61 bits per heavy atom.